The number of thiophene rings is 1. The van der Waals surface area contributed by atoms with Crippen LogP contribution >= 0.6 is 27.3 Å². The second kappa shape index (κ2) is 5.97. The first-order valence-electron chi connectivity index (χ1n) is 6.08. The van der Waals surface area contributed by atoms with Crippen molar-refractivity contribution < 1.29 is 8.42 Å². The number of nitrogens with zero attached hydrogens (tertiary/aromatic N) is 1. The molecule has 20 heavy (non-hydrogen) atoms. The minimum Gasteiger partial charge on any atom is -0.207 e. The molecule has 0 aliphatic carbocycles. The van der Waals surface area contributed by atoms with Crippen molar-refractivity contribution in [2.75, 3.05) is 7.05 Å². The van der Waals surface area contributed by atoms with Gasteiger partial charge in [0.15, 0.2) is 0 Å². The largest absolute Gasteiger partial charge is 0.243 e. The molecule has 0 radical (unpaired) electrons. The fraction of sp³-hybridized carbons (Fsp3) is 0.286. The Kier molecular flexibility index (Phi) is 4.69. The Hall–Kier alpha value is -0.690. The normalized spacial score (nSPS) is 12.1. The second-order valence-electron chi connectivity index (χ2n) is 4.71. The monoisotopic (exact) mass is 373 g/mol. The Morgan fingerprint density at radius 2 is 1.85 bits per heavy atom. The maximum atomic E-state index is 12.5. The van der Waals surface area contributed by atoms with E-state index in [9.17, 15) is 8.42 Å². The van der Waals surface area contributed by atoms with Crippen LogP contribution in [0.4, 0.5) is 0 Å². The Labute approximate surface area is 132 Å². The smallest absolute Gasteiger partial charge is 0.207 e. The van der Waals surface area contributed by atoms with Gasteiger partial charge in [-0.3, -0.25) is 0 Å². The molecule has 0 atom stereocenters. The highest BCUT2D eigenvalue weighted by Crippen LogP contribution is 2.25. The molecule has 2 aromatic rings. The van der Waals surface area contributed by atoms with Crippen LogP contribution in [0.5, 0.6) is 0 Å². The van der Waals surface area contributed by atoms with Crippen molar-refractivity contribution in [1.29, 1.82) is 0 Å². The van der Waals surface area contributed by atoms with Crippen LogP contribution in [0.15, 0.2) is 39.0 Å². The van der Waals surface area contributed by atoms with Gasteiger partial charge in [0.2, 0.25) is 10.0 Å². The lowest BCUT2D eigenvalue weighted by Gasteiger charge is -2.17. The number of halogens is 1. The molecule has 0 saturated heterocycles. The van der Waals surface area contributed by atoms with E-state index < -0.39 is 10.0 Å². The van der Waals surface area contributed by atoms with Crippen molar-refractivity contribution >= 4 is 37.3 Å². The molecule has 6 heteroatoms. The van der Waals surface area contributed by atoms with Gasteiger partial charge < -0.3 is 0 Å². The van der Waals surface area contributed by atoms with Gasteiger partial charge >= 0.3 is 0 Å². The maximum absolute atomic E-state index is 12.5. The second-order valence-corrected chi connectivity index (χ2v) is 9.31. The van der Waals surface area contributed by atoms with Crippen molar-refractivity contribution in [2.45, 2.75) is 25.3 Å². The first kappa shape index (κ1) is 15.7. The van der Waals surface area contributed by atoms with Gasteiger partial charge in [-0.1, -0.05) is 6.07 Å². The first-order valence-corrected chi connectivity index (χ1v) is 9.13. The zero-order valence-electron chi connectivity index (χ0n) is 11.6. The molecule has 0 aliphatic heterocycles. The van der Waals surface area contributed by atoms with E-state index in [2.05, 4.69) is 15.9 Å². The summed E-state index contributed by atoms with van der Waals surface area (Å²) in [5, 5.41) is 0. The van der Waals surface area contributed by atoms with Crippen molar-refractivity contribution in [3.8, 4) is 0 Å². The average molecular weight is 374 g/mol. The van der Waals surface area contributed by atoms with Crippen LogP contribution < -0.4 is 0 Å². The van der Waals surface area contributed by atoms with E-state index in [1.165, 1.54) is 4.31 Å². The van der Waals surface area contributed by atoms with E-state index in [0.29, 0.717) is 11.4 Å². The first-order chi connectivity index (χ1) is 9.30. The molecule has 1 aromatic carbocycles. The van der Waals surface area contributed by atoms with Crippen LogP contribution in [-0.2, 0) is 16.6 Å². The van der Waals surface area contributed by atoms with Crippen molar-refractivity contribution in [3.63, 3.8) is 0 Å². The summed E-state index contributed by atoms with van der Waals surface area (Å²) < 4.78 is 27.4. The SMILES string of the molecule is Cc1ccc(S(=O)(=O)N(C)Cc2ccc(Br)s2)cc1C. The molecule has 108 valence electrons. The third-order valence-corrected chi connectivity index (χ3v) is 6.60. The molecule has 1 heterocycles. The van der Waals surface area contributed by atoms with E-state index >= 15 is 0 Å². The predicted octanol–water partition coefficient (Wildman–Crippen LogP) is 3.95. The molecule has 1 aromatic heterocycles. The van der Waals surface area contributed by atoms with E-state index in [1.54, 1.807) is 30.5 Å². The Balaban J connectivity index is 2.27. The molecule has 0 aliphatic rings. The predicted molar refractivity (Wildman–Crippen MR) is 86.6 cm³/mol. The fourth-order valence-corrected chi connectivity index (χ4v) is 4.65. The van der Waals surface area contributed by atoms with Gasteiger partial charge in [0.1, 0.15) is 0 Å². The summed E-state index contributed by atoms with van der Waals surface area (Å²) in [6.45, 7) is 4.27. The minimum atomic E-state index is -3.44. The lowest BCUT2D eigenvalue weighted by Crippen LogP contribution is -2.26. The summed E-state index contributed by atoms with van der Waals surface area (Å²) in [6, 6.07) is 9.10. The minimum absolute atomic E-state index is 0.346. The standard InChI is InChI=1S/C14H16BrNO2S2/c1-10-4-6-13(8-11(10)2)20(17,18)16(3)9-12-5-7-14(15)19-12/h4-8H,9H2,1-3H3. The number of hydrogen-bond acceptors (Lipinski definition) is 3. The molecular weight excluding hydrogens is 358 g/mol. The lowest BCUT2D eigenvalue weighted by atomic mass is 10.1. The molecule has 2 rings (SSSR count). The third kappa shape index (κ3) is 3.31. The molecule has 0 unspecified atom stereocenters. The summed E-state index contributed by atoms with van der Waals surface area (Å²) in [5.41, 5.74) is 2.08. The lowest BCUT2D eigenvalue weighted by molar-refractivity contribution is 0.469. The summed E-state index contributed by atoms with van der Waals surface area (Å²) in [7, 11) is -1.83. The third-order valence-electron chi connectivity index (χ3n) is 3.19. The van der Waals surface area contributed by atoms with Gasteiger partial charge in [-0.05, 0) is 65.2 Å². The molecule has 0 N–H and O–H groups in total. The van der Waals surface area contributed by atoms with Gasteiger partial charge in [0, 0.05) is 18.5 Å². The van der Waals surface area contributed by atoms with E-state index in [1.807, 2.05) is 32.0 Å². The molecule has 3 nitrogen and oxygen atoms in total. The molecular formula is C14H16BrNO2S2. The van der Waals surface area contributed by atoms with Crippen LogP contribution in [0.3, 0.4) is 0 Å². The summed E-state index contributed by atoms with van der Waals surface area (Å²) in [6.07, 6.45) is 0. The highest BCUT2D eigenvalue weighted by molar-refractivity contribution is 9.11. The van der Waals surface area contributed by atoms with Crippen LogP contribution in [0.1, 0.15) is 16.0 Å². The van der Waals surface area contributed by atoms with E-state index in [-0.39, 0.29) is 0 Å². The van der Waals surface area contributed by atoms with Crippen molar-refractivity contribution in [2.24, 2.45) is 0 Å². The van der Waals surface area contributed by atoms with Gasteiger partial charge in [0.25, 0.3) is 0 Å². The number of aryl methyl sites for hydroxylation is 2. The van der Waals surface area contributed by atoms with Gasteiger partial charge in [-0.25, -0.2) is 8.42 Å². The van der Waals surface area contributed by atoms with Gasteiger partial charge in [-0.15, -0.1) is 11.3 Å². The summed E-state index contributed by atoms with van der Waals surface area (Å²) >= 11 is 4.93. The van der Waals surface area contributed by atoms with Crippen LogP contribution in [0, 0.1) is 13.8 Å². The molecule has 0 saturated carbocycles. The Bertz CT molecular complexity index is 723. The summed E-state index contributed by atoms with van der Waals surface area (Å²) in [4.78, 5) is 1.35. The highest BCUT2D eigenvalue weighted by atomic mass is 79.9. The van der Waals surface area contributed by atoms with E-state index in [4.69, 9.17) is 0 Å². The highest BCUT2D eigenvalue weighted by Gasteiger charge is 2.21. The maximum Gasteiger partial charge on any atom is 0.243 e. The average Bonchev–Trinajstić information content (AvgIpc) is 2.78. The zero-order chi connectivity index (χ0) is 14.9. The van der Waals surface area contributed by atoms with Crippen LogP contribution in [0.25, 0.3) is 0 Å². The fourth-order valence-electron chi connectivity index (χ4n) is 1.80. The summed E-state index contributed by atoms with van der Waals surface area (Å²) in [5.74, 6) is 0. The Morgan fingerprint density at radius 1 is 1.15 bits per heavy atom. The molecule has 0 amide bonds. The number of benzene rings is 1. The number of hydrogen-bond donors (Lipinski definition) is 0. The van der Waals surface area contributed by atoms with Crippen molar-refractivity contribution in [1.82, 2.24) is 4.31 Å². The van der Waals surface area contributed by atoms with Crippen LogP contribution in [0.2, 0.25) is 0 Å². The molecule has 0 fully saturated rings. The number of sulfonamides is 1. The van der Waals surface area contributed by atoms with Gasteiger partial charge in [-0.2, -0.15) is 4.31 Å². The quantitative estimate of drug-likeness (QED) is 0.813. The molecule has 0 bridgehead atoms. The zero-order valence-corrected chi connectivity index (χ0v) is 14.8. The van der Waals surface area contributed by atoms with Crippen LogP contribution in [-0.4, -0.2) is 19.8 Å². The molecule has 0 spiro atoms. The van der Waals surface area contributed by atoms with Crippen molar-refractivity contribution in [3.05, 3.63) is 50.1 Å². The van der Waals surface area contributed by atoms with E-state index in [0.717, 1.165) is 19.8 Å². The topological polar surface area (TPSA) is 37.4 Å². The Morgan fingerprint density at radius 3 is 2.40 bits per heavy atom. The number of rotatable bonds is 4. The van der Waals surface area contributed by atoms with Gasteiger partial charge in [0.05, 0.1) is 8.68 Å².